The van der Waals surface area contributed by atoms with E-state index in [9.17, 15) is 9.59 Å². The zero-order chi connectivity index (χ0) is 19.9. The van der Waals surface area contributed by atoms with E-state index in [-0.39, 0.29) is 30.4 Å². The predicted octanol–water partition coefficient (Wildman–Crippen LogP) is 3.98. The summed E-state index contributed by atoms with van der Waals surface area (Å²) in [6, 6.07) is 8.78. The molecule has 0 fully saturated rings. The second-order valence-electron chi connectivity index (χ2n) is 5.45. The molecule has 2 N–H and O–H groups in total. The second-order valence-corrected chi connectivity index (χ2v) is 8.26. The molecule has 0 radical (unpaired) electrons. The van der Waals surface area contributed by atoms with E-state index in [0.717, 1.165) is 4.88 Å². The number of hydrogen-bond donors (Lipinski definition) is 2. The van der Waals surface area contributed by atoms with Crippen LogP contribution in [0.3, 0.4) is 0 Å². The number of thiophene rings is 1. The number of rotatable bonds is 7. The standard InChI is InChI=1S/C17H14Cl2N4O3S2/c18-10-3-4-11(19)13(8-10)28-9-15(25)22-21-14(24)5-6-16-20-17(23-26-16)12-2-1-7-27-12/h1-4,7-8H,5-6,9H2,(H,21,24)(H,22,25). The molecule has 0 unspecified atom stereocenters. The SMILES string of the molecule is O=C(CCc1nc(-c2cccs2)no1)NNC(=O)CSc1cc(Cl)ccc1Cl. The maximum Gasteiger partial charge on any atom is 0.248 e. The number of carbonyl (C=O) groups excluding carboxylic acids is 2. The fourth-order valence-electron chi connectivity index (χ4n) is 2.05. The van der Waals surface area contributed by atoms with Gasteiger partial charge in [-0.2, -0.15) is 4.98 Å². The molecule has 28 heavy (non-hydrogen) atoms. The highest BCUT2D eigenvalue weighted by atomic mass is 35.5. The third-order valence-electron chi connectivity index (χ3n) is 3.37. The second kappa shape index (κ2) is 9.92. The summed E-state index contributed by atoms with van der Waals surface area (Å²) in [4.78, 5) is 29.6. The predicted molar refractivity (Wildman–Crippen MR) is 109 cm³/mol. The molecule has 0 bridgehead atoms. The minimum absolute atomic E-state index is 0.0776. The summed E-state index contributed by atoms with van der Waals surface area (Å²) in [5.41, 5.74) is 4.70. The van der Waals surface area contributed by atoms with E-state index in [1.54, 1.807) is 18.2 Å². The Morgan fingerprint density at radius 2 is 2.00 bits per heavy atom. The van der Waals surface area contributed by atoms with Gasteiger partial charge in [-0.05, 0) is 29.6 Å². The highest BCUT2D eigenvalue weighted by Gasteiger charge is 2.12. The van der Waals surface area contributed by atoms with Crippen LogP contribution in [0.1, 0.15) is 12.3 Å². The summed E-state index contributed by atoms with van der Waals surface area (Å²) in [5, 5.41) is 6.83. The summed E-state index contributed by atoms with van der Waals surface area (Å²) in [5.74, 6) is 0.197. The normalized spacial score (nSPS) is 10.6. The topological polar surface area (TPSA) is 97.1 Å². The number of nitrogens with zero attached hydrogens (tertiary/aromatic N) is 2. The molecule has 2 amide bonds. The molecule has 146 valence electrons. The maximum absolute atomic E-state index is 11.9. The van der Waals surface area contributed by atoms with Crippen LogP contribution in [0.5, 0.6) is 0 Å². The molecule has 0 saturated carbocycles. The molecule has 11 heteroatoms. The van der Waals surface area contributed by atoms with E-state index < -0.39 is 0 Å². The van der Waals surface area contributed by atoms with Crippen molar-refractivity contribution < 1.29 is 14.1 Å². The Morgan fingerprint density at radius 1 is 1.18 bits per heavy atom. The maximum atomic E-state index is 11.9. The van der Waals surface area contributed by atoms with Gasteiger partial charge in [0.25, 0.3) is 0 Å². The smallest absolute Gasteiger partial charge is 0.248 e. The van der Waals surface area contributed by atoms with Gasteiger partial charge in [0.1, 0.15) is 0 Å². The first-order valence-electron chi connectivity index (χ1n) is 8.03. The fraction of sp³-hybridized carbons (Fsp3) is 0.176. The highest BCUT2D eigenvalue weighted by Crippen LogP contribution is 2.29. The first-order chi connectivity index (χ1) is 13.5. The Morgan fingerprint density at radius 3 is 2.79 bits per heavy atom. The van der Waals surface area contributed by atoms with Crippen LogP contribution in [0.2, 0.25) is 10.0 Å². The van der Waals surface area contributed by atoms with E-state index >= 15 is 0 Å². The number of amides is 2. The van der Waals surface area contributed by atoms with Crippen molar-refractivity contribution in [1.29, 1.82) is 0 Å². The van der Waals surface area contributed by atoms with E-state index in [2.05, 4.69) is 21.0 Å². The van der Waals surface area contributed by atoms with Crippen molar-refractivity contribution in [2.24, 2.45) is 0 Å². The van der Waals surface area contributed by atoms with Crippen LogP contribution in [0.25, 0.3) is 10.7 Å². The van der Waals surface area contributed by atoms with Crippen LogP contribution in [-0.2, 0) is 16.0 Å². The molecule has 2 heterocycles. The molecular weight excluding hydrogens is 443 g/mol. The van der Waals surface area contributed by atoms with Gasteiger partial charge in [-0.1, -0.05) is 34.4 Å². The Labute approximate surface area is 178 Å². The van der Waals surface area contributed by atoms with Crippen LogP contribution >= 0.6 is 46.3 Å². The Kier molecular flexibility index (Phi) is 7.32. The summed E-state index contributed by atoms with van der Waals surface area (Å²) >= 11 is 14.7. The van der Waals surface area contributed by atoms with Gasteiger partial charge in [-0.25, -0.2) is 0 Å². The van der Waals surface area contributed by atoms with Crippen LogP contribution in [0, 0.1) is 0 Å². The van der Waals surface area contributed by atoms with Gasteiger partial charge < -0.3 is 4.52 Å². The molecule has 2 aromatic heterocycles. The van der Waals surface area contributed by atoms with Crippen LogP contribution in [0.4, 0.5) is 0 Å². The zero-order valence-corrected chi connectivity index (χ0v) is 17.4. The molecular formula is C17H14Cl2N4O3S2. The third-order valence-corrected chi connectivity index (χ3v) is 5.97. The number of aryl methyl sites for hydroxylation is 1. The van der Waals surface area contributed by atoms with Crippen LogP contribution in [-0.4, -0.2) is 27.7 Å². The number of hydrazine groups is 1. The van der Waals surface area contributed by atoms with Gasteiger partial charge in [0, 0.05) is 22.8 Å². The molecule has 0 aliphatic rings. The zero-order valence-electron chi connectivity index (χ0n) is 14.3. The molecule has 3 aromatic rings. The Hall–Kier alpha value is -2.07. The van der Waals surface area contributed by atoms with Gasteiger partial charge in [0.2, 0.25) is 23.5 Å². The molecule has 0 saturated heterocycles. The number of carbonyl (C=O) groups is 2. The van der Waals surface area contributed by atoms with Crippen molar-refractivity contribution in [2.45, 2.75) is 17.7 Å². The average Bonchev–Trinajstić information content (AvgIpc) is 3.37. The van der Waals surface area contributed by atoms with Crippen molar-refractivity contribution >= 4 is 58.1 Å². The first-order valence-corrected chi connectivity index (χ1v) is 10.7. The van der Waals surface area contributed by atoms with Crippen molar-refractivity contribution in [1.82, 2.24) is 21.0 Å². The number of nitrogens with one attached hydrogen (secondary N) is 2. The number of aromatic nitrogens is 2. The van der Waals surface area contributed by atoms with Crippen molar-refractivity contribution in [3.63, 3.8) is 0 Å². The number of thioether (sulfide) groups is 1. The lowest BCUT2D eigenvalue weighted by molar-refractivity contribution is -0.127. The average molecular weight is 457 g/mol. The minimum Gasteiger partial charge on any atom is -0.339 e. The molecule has 7 nitrogen and oxygen atoms in total. The van der Waals surface area contributed by atoms with Gasteiger partial charge in [0.05, 0.1) is 15.7 Å². The van der Waals surface area contributed by atoms with Gasteiger partial charge >= 0.3 is 0 Å². The van der Waals surface area contributed by atoms with Gasteiger partial charge in [-0.3, -0.25) is 20.4 Å². The first kappa shape index (κ1) is 20.7. The minimum atomic E-state index is -0.368. The van der Waals surface area contributed by atoms with E-state index in [0.29, 0.717) is 26.7 Å². The van der Waals surface area contributed by atoms with E-state index in [1.165, 1.54) is 23.1 Å². The van der Waals surface area contributed by atoms with Crippen molar-refractivity contribution in [3.8, 4) is 10.7 Å². The quantitative estimate of drug-likeness (QED) is 0.412. The lowest BCUT2D eigenvalue weighted by atomic mass is 10.3. The van der Waals surface area contributed by atoms with Crippen LogP contribution < -0.4 is 10.9 Å². The number of benzene rings is 1. The summed E-state index contributed by atoms with van der Waals surface area (Å²) in [6.07, 6.45) is 0.368. The molecule has 3 rings (SSSR count). The highest BCUT2D eigenvalue weighted by molar-refractivity contribution is 8.00. The summed E-state index contributed by atoms with van der Waals surface area (Å²) < 4.78 is 5.12. The largest absolute Gasteiger partial charge is 0.339 e. The lowest BCUT2D eigenvalue weighted by Gasteiger charge is -2.07. The number of halogens is 2. The van der Waals surface area contributed by atoms with Crippen molar-refractivity contribution in [2.75, 3.05) is 5.75 Å². The molecule has 0 aliphatic heterocycles. The van der Waals surface area contributed by atoms with E-state index in [1.807, 2.05) is 17.5 Å². The van der Waals surface area contributed by atoms with Crippen LogP contribution in [0.15, 0.2) is 45.1 Å². The van der Waals surface area contributed by atoms with Gasteiger partial charge in [0.15, 0.2) is 0 Å². The Balaban J connectivity index is 1.38. The lowest BCUT2D eigenvalue weighted by Crippen LogP contribution is -2.42. The molecule has 0 spiro atoms. The Bertz CT molecular complexity index is 963. The van der Waals surface area contributed by atoms with E-state index in [4.69, 9.17) is 27.7 Å². The fourth-order valence-corrected chi connectivity index (χ4v) is 3.99. The molecule has 0 aliphatic carbocycles. The monoisotopic (exact) mass is 456 g/mol. The molecule has 1 aromatic carbocycles. The third kappa shape index (κ3) is 5.96. The summed E-state index contributed by atoms with van der Waals surface area (Å²) in [6.45, 7) is 0. The van der Waals surface area contributed by atoms with Gasteiger partial charge in [-0.15, -0.1) is 23.1 Å². The summed E-state index contributed by atoms with van der Waals surface area (Å²) in [7, 11) is 0. The van der Waals surface area contributed by atoms with Crippen molar-refractivity contribution in [3.05, 3.63) is 51.6 Å². The number of hydrogen-bond acceptors (Lipinski definition) is 7. The molecule has 0 atom stereocenters.